The van der Waals surface area contributed by atoms with Gasteiger partial charge in [-0.3, -0.25) is 9.59 Å². The van der Waals surface area contributed by atoms with Crippen LogP contribution in [0.4, 0.5) is 0 Å². The van der Waals surface area contributed by atoms with Gasteiger partial charge in [-0.05, 0) is 47.9 Å². The van der Waals surface area contributed by atoms with Crippen molar-refractivity contribution in [2.45, 2.75) is 20.3 Å². The quantitative estimate of drug-likeness (QED) is 0.334. The summed E-state index contributed by atoms with van der Waals surface area (Å²) in [6, 6.07) is 12.5. The molecule has 0 aromatic heterocycles. The van der Waals surface area contributed by atoms with Gasteiger partial charge in [0.25, 0.3) is 5.91 Å². The molecule has 0 heterocycles. The van der Waals surface area contributed by atoms with E-state index < -0.39 is 5.97 Å². The van der Waals surface area contributed by atoms with Crippen LogP contribution in [0.25, 0.3) is 0 Å². The van der Waals surface area contributed by atoms with Gasteiger partial charge in [-0.15, -0.1) is 0 Å². The molecule has 0 spiro atoms. The van der Waals surface area contributed by atoms with Crippen LogP contribution in [-0.2, 0) is 16.0 Å². The highest BCUT2D eigenvalue weighted by Crippen LogP contribution is 2.27. The zero-order valence-corrected chi connectivity index (χ0v) is 15.5. The summed E-state index contributed by atoms with van der Waals surface area (Å²) >= 11 is 0. The molecule has 1 N–H and O–H groups in total. The van der Waals surface area contributed by atoms with Crippen LogP contribution in [0.15, 0.2) is 47.6 Å². The fourth-order valence-corrected chi connectivity index (χ4v) is 2.18. The Balaban J connectivity index is 1.86. The van der Waals surface area contributed by atoms with Crippen LogP contribution in [0.2, 0.25) is 0 Å². The van der Waals surface area contributed by atoms with Gasteiger partial charge in [0.15, 0.2) is 18.1 Å². The van der Waals surface area contributed by atoms with Gasteiger partial charge in [0.2, 0.25) is 0 Å². The van der Waals surface area contributed by atoms with E-state index in [4.69, 9.17) is 14.2 Å². The molecule has 0 unspecified atom stereocenters. The Morgan fingerprint density at radius 3 is 2.48 bits per heavy atom. The highest BCUT2D eigenvalue weighted by molar-refractivity contribution is 5.84. The molecule has 0 aliphatic rings. The van der Waals surface area contributed by atoms with Crippen molar-refractivity contribution < 1.29 is 23.8 Å². The van der Waals surface area contributed by atoms with E-state index in [1.165, 1.54) is 25.8 Å². The number of nitrogens with zero attached hydrogens (tertiary/aromatic N) is 1. The first-order chi connectivity index (χ1) is 13.0. The molecule has 0 saturated carbocycles. The zero-order valence-electron chi connectivity index (χ0n) is 15.5. The number of hydrogen-bond donors (Lipinski definition) is 1. The Morgan fingerprint density at radius 2 is 1.85 bits per heavy atom. The number of ether oxygens (including phenoxy) is 3. The number of hydrogen-bond acceptors (Lipinski definition) is 6. The maximum Gasteiger partial charge on any atom is 0.308 e. The Kier molecular flexibility index (Phi) is 7.37. The van der Waals surface area contributed by atoms with Crippen LogP contribution in [-0.4, -0.2) is 31.8 Å². The average Bonchev–Trinajstić information content (AvgIpc) is 2.67. The van der Waals surface area contributed by atoms with E-state index in [1.807, 2.05) is 24.3 Å². The molecule has 142 valence electrons. The van der Waals surface area contributed by atoms with E-state index in [0.717, 1.165) is 6.42 Å². The minimum Gasteiger partial charge on any atom is -0.493 e. The number of nitrogens with one attached hydrogen (secondary N) is 1. The molecule has 0 aliphatic heterocycles. The maximum absolute atomic E-state index is 11.8. The molecule has 7 heteroatoms. The minimum atomic E-state index is -0.439. The van der Waals surface area contributed by atoms with Crippen LogP contribution < -0.4 is 19.6 Å². The first-order valence-electron chi connectivity index (χ1n) is 8.42. The summed E-state index contributed by atoms with van der Waals surface area (Å²) in [5, 5.41) is 3.88. The van der Waals surface area contributed by atoms with E-state index in [0.29, 0.717) is 22.8 Å². The molecule has 27 heavy (non-hydrogen) atoms. The standard InChI is InChI=1S/C20H22N2O5/c1-4-15-5-8-17(9-6-15)26-13-20(24)22-21-12-16-7-10-18(27-14(2)23)19(11-16)25-3/h5-12H,4,13H2,1-3H3,(H,22,24)/b21-12-. The molecule has 0 fully saturated rings. The summed E-state index contributed by atoms with van der Waals surface area (Å²) < 4.78 is 15.6. The van der Waals surface area contributed by atoms with Gasteiger partial charge in [0.05, 0.1) is 13.3 Å². The van der Waals surface area contributed by atoms with Crippen LogP contribution in [0.1, 0.15) is 25.0 Å². The Bertz CT molecular complexity index is 816. The van der Waals surface area contributed by atoms with E-state index in [2.05, 4.69) is 17.5 Å². The molecule has 0 saturated heterocycles. The average molecular weight is 370 g/mol. The molecule has 0 radical (unpaired) electrons. The van der Waals surface area contributed by atoms with Crippen LogP contribution in [0, 0.1) is 0 Å². The van der Waals surface area contributed by atoms with E-state index in [9.17, 15) is 9.59 Å². The van der Waals surface area contributed by atoms with Gasteiger partial charge in [-0.25, -0.2) is 5.43 Å². The predicted molar refractivity (Wildman–Crippen MR) is 101 cm³/mol. The third kappa shape index (κ3) is 6.47. The third-order valence-corrected chi connectivity index (χ3v) is 3.55. The third-order valence-electron chi connectivity index (χ3n) is 3.55. The SMILES string of the molecule is CCc1ccc(OCC(=O)N/N=C\c2ccc(OC(C)=O)c(OC)c2)cc1. The van der Waals surface area contributed by atoms with Crippen molar-refractivity contribution in [1.29, 1.82) is 0 Å². The lowest BCUT2D eigenvalue weighted by Crippen LogP contribution is -2.24. The maximum atomic E-state index is 11.8. The van der Waals surface area contributed by atoms with Gasteiger partial charge < -0.3 is 14.2 Å². The summed E-state index contributed by atoms with van der Waals surface area (Å²) in [5.41, 5.74) is 4.25. The van der Waals surface area contributed by atoms with Crippen molar-refractivity contribution in [2.24, 2.45) is 5.10 Å². The molecule has 7 nitrogen and oxygen atoms in total. The predicted octanol–water partition coefficient (Wildman–Crippen LogP) is 2.71. The van der Waals surface area contributed by atoms with Crippen molar-refractivity contribution in [1.82, 2.24) is 5.43 Å². The van der Waals surface area contributed by atoms with E-state index >= 15 is 0 Å². The van der Waals surface area contributed by atoms with Gasteiger partial charge in [-0.2, -0.15) is 5.10 Å². The first-order valence-corrected chi connectivity index (χ1v) is 8.42. The van der Waals surface area contributed by atoms with Crippen molar-refractivity contribution in [3.63, 3.8) is 0 Å². The number of aryl methyl sites for hydroxylation is 1. The topological polar surface area (TPSA) is 86.2 Å². The minimum absolute atomic E-state index is 0.141. The fraction of sp³-hybridized carbons (Fsp3) is 0.250. The second-order valence-electron chi connectivity index (χ2n) is 5.58. The summed E-state index contributed by atoms with van der Waals surface area (Å²) in [6.07, 6.45) is 2.40. The lowest BCUT2D eigenvalue weighted by molar-refractivity contribution is -0.132. The molecular formula is C20H22N2O5. The van der Waals surface area contributed by atoms with Gasteiger partial charge in [0, 0.05) is 6.92 Å². The van der Waals surface area contributed by atoms with E-state index in [1.54, 1.807) is 18.2 Å². The number of carbonyl (C=O) groups excluding carboxylic acids is 2. The second kappa shape index (κ2) is 9.96. The van der Waals surface area contributed by atoms with Crippen LogP contribution in [0.5, 0.6) is 17.2 Å². The molecule has 2 aromatic rings. The highest BCUT2D eigenvalue weighted by Gasteiger charge is 2.07. The highest BCUT2D eigenvalue weighted by atomic mass is 16.6. The second-order valence-corrected chi connectivity index (χ2v) is 5.58. The number of esters is 1. The van der Waals surface area contributed by atoms with Crippen LogP contribution in [0.3, 0.4) is 0 Å². The summed E-state index contributed by atoms with van der Waals surface area (Å²) in [7, 11) is 1.47. The number of amides is 1. The van der Waals surface area contributed by atoms with Crippen LogP contribution >= 0.6 is 0 Å². The molecule has 0 bridgehead atoms. The summed E-state index contributed by atoms with van der Waals surface area (Å²) in [6.45, 7) is 3.24. The Hall–Kier alpha value is -3.35. The van der Waals surface area contributed by atoms with Gasteiger partial charge >= 0.3 is 5.97 Å². The lowest BCUT2D eigenvalue weighted by Gasteiger charge is -2.08. The Labute approximate surface area is 157 Å². The molecule has 1 amide bonds. The molecule has 0 atom stereocenters. The summed E-state index contributed by atoms with van der Waals surface area (Å²) in [4.78, 5) is 22.8. The first kappa shape index (κ1) is 20.0. The summed E-state index contributed by atoms with van der Waals surface area (Å²) in [5.74, 6) is 0.505. The number of benzene rings is 2. The Morgan fingerprint density at radius 1 is 1.11 bits per heavy atom. The largest absolute Gasteiger partial charge is 0.493 e. The number of carbonyl (C=O) groups is 2. The molecular weight excluding hydrogens is 348 g/mol. The molecule has 2 rings (SSSR count). The smallest absolute Gasteiger partial charge is 0.308 e. The normalized spacial score (nSPS) is 10.5. The van der Waals surface area contributed by atoms with Crippen molar-refractivity contribution in [3.05, 3.63) is 53.6 Å². The number of methoxy groups -OCH3 is 1. The molecule has 2 aromatic carbocycles. The zero-order chi connectivity index (χ0) is 19.6. The monoisotopic (exact) mass is 370 g/mol. The lowest BCUT2D eigenvalue weighted by atomic mass is 10.2. The number of rotatable bonds is 8. The fourth-order valence-electron chi connectivity index (χ4n) is 2.18. The molecule has 0 aliphatic carbocycles. The van der Waals surface area contributed by atoms with Gasteiger partial charge in [0.1, 0.15) is 5.75 Å². The van der Waals surface area contributed by atoms with Crippen molar-refractivity contribution in [2.75, 3.05) is 13.7 Å². The van der Waals surface area contributed by atoms with Crippen molar-refractivity contribution >= 4 is 18.1 Å². The van der Waals surface area contributed by atoms with Crippen molar-refractivity contribution in [3.8, 4) is 17.2 Å². The van der Waals surface area contributed by atoms with Gasteiger partial charge in [-0.1, -0.05) is 19.1 Å². The van der Waals surface area contributed by atoms with E-state index in [-0.39, 0.29) is 12.5 Å². The number of hydrazone groups is 1.